The maximum absolute atomic E-state index is 12.2. The monoisotopic (exact) mass is 328 g/mol. The van der Waals surface area contributed by atoms with Gasteiger partial charge in [-0.05, 0) is 18.4 Å². The number of oxazole rings is 1. The van der Waals surface area contributed by atoms with E-state index < -0.39 is 6.04 Å². The van der Waals surface area contributed by atoms with Gasteiger partial charge in [-0.3, -0.25) is 4.79 Å². The number of methoxy groups -OCH3 is 1. The minimum atomic E-state index is -0.642. The van der Waals surface area contributed by atoms with E-state index in [2.05, 4.69) is 16.4 Å². The van der Waals surface area contributed by atoms with Crippen molar-refractivity contribution in [3.8, 4) is 23.1 Å². The Morgan fingerprint density at radius 3 is 2.79 bits per heavy atom. The molecular weight excluding hydrogens is 308 g/mol. The van der Waals surface area contributed by atoms with Gasteiger partial charge in [-0.15, -0.1) is 0 Å². The molecule has 1 aromatic carbocycles. The number of amides is 1. The number of nitrogens with one attached hydrogen (secondary N) is 1. The molecule has 1 amide bonds. The van der Waals surface area contributed by atoms with Gasteiger partial charge in [-0.2, -0.15) is 5.26 Å². The molecule has 0 saturated carbocycles. The number of anilines is 1. The fourth-order valence-electron chi connectivity index (χ4n) is 2.33. The first-order valence-electron chi connectivity index (χ1n) is 7.53. The molecule has 0 saturated heterocycles. The van der Waals surface area contributed by atoms with Crippen molar-refractivity contribution in [3.05, 3.63) is 30.3 Å². The number of carbonyl (C=O) groups excluding carboxylic acids is 1. The van der Waals surface area contributed by atoms with E-state index in [0.29, 0.717) is 35.1 Å². The van der Waals surface area contributed by atoms with Crippen molar-refractivity contribution < 1.29 is 13.9 Å². The summed E-state index contributed by atoms with van der Waals surface area (Å²) >= 11 is 0. The Kier molecular flexibility index (Phi) is 5.55. The third-order valence-electron chi connectivity index (χ3n) is 3.48. The second-order valence-corrected chi connectivity index (χ2v) is 5.80. The first-order valence-corrected chi connectivity index (χ1v) is 7.53. The van der Waals surface area contributed by atoms with Gasteiger partial charge >= 0.3 is 0 Å². The van der Waals surface area contributed by atoms with Crippen molar-refractivity contribution in [1.82, 2.24) is 4.98 Å². The Balaban J connectivity index is 2.34. The van der Waals surface area contributed by atoms with Crippen LogP contribution in [0.25, 0.3) is 11.3 Å². The molecular formula is C17H20N4O3. The van der Waals surface area contributed by atoms with Crippen LogP contribution < -0.4 is 15.8 Å². The summed E-state index contributed by atoms with van der Waals surface area (Å²) in [5.74, 6) is 0.885. The van der Waals surface area contributed by atoms with Crippen LogP contribution in [0.2, 0.25) is 0 Å². The molecule has 126 valence electrons. The molecule has 0 aliphatic heterocycles. The van der Waals surface area contributed by atoms with Crippen LogP contribution in [-0.4, -0.2) is 24.0 Å². The molecule has 24 heavy (non-hydrogen) atoms. The maximum Gasteiger partial charge on any atom is 0.241 e. The molecule has 3 N–H and O–H groups in total. The van der Waals surface area contributed by atoms with Gasteiger partial charge in [0.15, 0.2) is 12.2 Å². The molecule has 1 unspecified atom stereocenters. The lowest BCUT2D eigenvalue weighted by atomic mass is 10.0. The topological polar surface area (TPSA) is 114 Å². The first kappa shape index (κ1) is 17.5. The third kappa shape index (κ3) is 3.91. The average Bonchev–Trinajstić information content (AvgIpc) is 3.07. The predicted octanol–water partition coefficient (Wildman–Crippen LogP) is 2.53. The van der Waals surface area contributed by atoms with E-state index >= 15 is 0 Å². The average molecular weight is 328 g/mol. The molecule has 0 fully saturated rings. The SMILES string of the molecule is COc1cc(NC(=O)C(N)CC(C)C)c(C#N)cc1-c1cnco1. The van der Waals surface area contributed by atoms with Gasteiger partial charge in [-0.25, -0.2) is 4.98 Å². The predicted molar refractivity (Wildman–Crippen MR) is 89.3 cm³/mol. The molecule has 2 aromatic rings. The van der Waals surface area contributed by atoms with Crippen LogP contribution in [0.1, 0.15) is 25.8 Å². The van der Waals surface area contributed by atoms with Crippen molar-refractivity contribution in [1.29, 1.82) is 5.26 Å². The van der Waals surface area contributed by atoms with E-state index in [1.807, 2.05) is 13.8 Å². The van der Waals surface area contributed by atoms with Crippen LogP contribution in [-0.2, 0) is 4.79 Å². The summed E-state index contributed by atoms with van der Waals surface area (Å²) in [6, 6.07) is 4.58. The van der Waals surface area contributed by atoms with E-state index in [4.69, 9.17) is 14.9 Å². The number of benzene rings is 1. The summed E-state index contributed by atoms with van der Waals surface area (Å²) in [6.07, 6.45) is 3.37. The molecule has 0 aliphatic carbocycles. The molecule has 7 nitrogen and oxygen atoms in total. The van der Waals surface area contributed by atoms with Crippen LogP contribution in [0.5, 0.6) is 5.75 Å². The van der Waals surface area contributed by atoms with Gasteiger partial charge in [0, 0.05) is 6.07 Å². The van der Waals surface area contributed by atoms with Gasteiger partial charge in [0.05, 0.1) is 36.2 Å². The highest BCUT2D eigenvalue weighted by atomic mass is 16.5. The number of nitriles is 1. The summed E-state index contributed by atoms with van der Waals surface area (Å²) in [7, 11) is 1.50. The standard InChI is InChI=1S/C17H20N4O3/c1-10(2)4-13(19)17(22)21-14-6-15(23-3)12(5-11(14)7-18)16-8-20-9-24-16/h5-6,8-10,13H,4,19H2,1-3H3,(H,21,22). The minimum absolute atomic E-state index is 0.285. The quantitative estimate of drug-likeness (QED) is 0.842. The Bertz CT molecular complexity index is 748. The Hall–Kier alpha value is -2.85. The summed E-state index contributed by atoms with van der Waals surface area (Å²) in [4.78, 5) is 16.1. The number of nitrogens with two attached hydrogens (primary N) is 1. The van der Waals surface area contributed by atoms with Gasteiger partial charge in [0.25, 0.3) is 0 Å². The molecule has 2 rings (SSSR count). The Morgan fingerprint density at radius 1 is 1.50 bits per heavy atom. The number of ether oxygens (including phenoxy) is 1. The van der Waals surface area contributed by atoms with Crippen molar-refractivity contribution >= 4 is 11.6 Å². The molecule has 1 aromatic heterocycles. The van der Waals surface area contributed by atoms with E-state index in [1.54, 1.807) is 12.1 Å². The fourth-order valence-corrected chi connectivity index (χ4v) is 2.33. The maximum atomic E-state index is 12.2. The van der Waals surface area contributed by atoms with Crippen LogP contribution >= 0.6 is 0 Å². The van der Waals surface area contributed by atoms with E-state index in [9.17, 15) is 10.1 Å². The van der Waals surface area contributed by atoms with Gasteiger partial charge in [-0.1, -0.05) is 13.8 Å². The van der Waals surface area contributed by atoms with Crippen LogP contribution in [0, 0.1) is 17.2 Å². The van der Waals surface area contributed by atoms with Crippen molar-refractivity contribution in [3.63, 3.8) is 0 Å². The van der Waals surface area contributed by atoms with Crippen LogP contribution in [0.3, 0.4) is 0 Å². The highest BCUT2D eigenvalue weighted by Gasteiger charge is 2.19. The molecule has 1 atom stereocenters. The van der Waals surface area contributed by atoms with E-state index in [-0.39, 0.29) is 11.5 Å². The lowest BCUT2D eigenvalue weighted by molar-refractivity contribution is -0.117. The second kappa shape index (κ2) is 7.62. The fraction of sp³-hybridized carbons (Fsp3) is 0.353. The van der Waals surface area contributed by atoms with Gasteiger partial charge < -0.3 is 20.2 Å². The van der Waals surface area contributed by atoms with E-state index in [1.165, 1.54) is 19.7 Å². The Labute approximate surface area is 140 Å². The minimum Gasteiger partial charge on any atom is -0.496 e. The third-order valence-corrected chi connectivity index (χ3v) is 3.48. The van der Waals surface area contributed by atoms with Crippen LogP contribution in [0.4, 0.5) is 5.69 Å². The zero-order chi connectivity index (χ0) is 17.7. The largest absolute Gasteiger partial charge is 0.496 e. The number of aromatic nitrogens is 1. The summed E-state index contributed by atoms with van der Waals surface area (Å²) in [6.45, 7) is 3.98. The number of hydrogen-bond donors (Lipinski definition) is 2. The van der Waals surface area contributed by atoms with Gasteiger partial charge in [0.2, 0.25) is 5.91 Å². The summed E-state index contributed by atoms with van der Waals surface area (Å²) < 4.78 is 10.6. The lowest BCUT2D eigenvalue weighted by Crippen LogP contribution is -2.36. The number of carbonyl (C=O) groups is 1. The molecule has 0 bridgehead atoms. The summed E-state index contributed by atoms with van der Waals surface area (Å²) in [5, 5.41) is 12.1. The van der Waals surface area contributed by atoms with Gasteiger partial charge in [0.1, 0.15) is 11.8 Å². The normalized spacial score (nSPS) is 11.8. The Morgan fingerprint density at radius 2 is 2.25 bits per heavy atom. The van der Waals surface area contributed by atoms with Crippen molar-refractivity contribution in [2.24, 2.45) is 11.7 Å². The number of nitrogens with zero attached hydrogens (tertiary/aromatic N) is 2. The first-order chi connectivity index (χ1) is 11.5. The highest BCUT2D eigenvalue weighted by Crippen LogP contribution is 2.34. The smallest absolute Gasteiger partial charge is 0.241 e. The molecule has 0 spiro atoms. The molecule has 7 heteroatoms. The summed E-state index contributed by atoms with van der Waals surface area (Å²) in [5.41, 5.74) is 7.10. The van der Waals surface area contributed by atoms with Crippen LogP contribution in [0.15, 0.2) is 29.1 Å². The lowest BCUT2D eigenvalue weighted by Gasteiger charge is -2.16. The molecule has 1 heterocycles. The molecule has 0 radical (unpaired) electrons. The second-order valence-electron chi connectivity index (χ2n) is 5.80. The zero-order valence-corrected chi connectivity index (χ0v) is 13.9. The number of hydrogen-bond acceptors (Lipinski definition) is 6. The number of rotatable bonds is 6. The van der Waals surface area contributed by atoms with Crippen molar-refractivity contribution in [2.75, 3.05) is 12.4 Å². The highest BCUT2D eigenvalue weighted by molar-refractivity contribution is 5.96. The molecule has 0 aliphatic rings. The van der Waals surface area contributed by atoms with E-state index in [0.717, 1.165) is 0 Å². The zero-order valence-electron chi connectivity index (χ0n) is 13.9. The van der Waals surface area contributed by atoms with Crippen molar-refractivity contribution in [2.45, 2.75) is 26.3 Å².